The van der Waals surface area contributed by atoms with E-state index in [1.165, 1.54) is 11.8 Å². The van der Waals surface area contributed by atoms with Gasteiger partial charge in [0.1, 0.15) is 10.9 Å². The second kappa shape index (κ2) is 6.86. The number of rotatable bonds is 5. The zero-order valence-electron chi connectivity index (χ0n) is 12.0. The van der Waals surface area contributed by atoms with Crippen LogP contribution in [0.5, 0.6) is 0 Å². The van der Waals surface area contributed by atoms with Crippen molar-refractivity contribution in [3.8, 4) is 0 Å². The van der Waals surface area contributed by atoms with Crippen molar-refractivity contribution in [1.82, 2.24) is 15.3 Å². The molecule has 2 N–H and O–H groups in total. The van der Waals surface area contributed by atoms with E-state index >= 15 is 0 Å². The molecule has 0 aliphatic rings. The first-order chi connectivity index (χ1) is 8.90. The van der Waals surface area contributed by atoms with Crippen LogP contribution in [0.25, 0.3) is 0 Å². The average molecular weight is 283 g/mol. The SMILES string of the molecule is CSc1nc(C(C)C)nc(C)c1C(=O)NC(C)CO. The molecule has 1 aromatic rings. The Kier molecular flexibility index (Phi) is 5.75. The number of carbonyl (C=O) groups excluding carboxylic acids is 1. The first kappa shape index (κ1) is 15.9. The maximum atomic E-state index is 12.2. The number of aromatic nitrogens is 2. The molecule has 0 saturated carbocycles. The lowest BCUT2D eigenvalue weighted by atomic mass is 10.1. The first-order valence-corrected chi connectivity index (χ1v) is 7.47. The predicted octanol–water partition coefficient (Wildman–Crippen LogP) is 1.74. The monoisotopic (exact) mass is 283 g/mol. The molecule has 1 rings (SSSR count). The molecular weight excluding hydrogens is 262 g/mol. The Morgan fingerprint density at radius 2 is 2.00 bits per heavy atom. The number of aliphatic hydroxyl groups excluding tert-OH is 1. The highest BCUT2D eigenvalue weighted by molar-refractivity contribution is 7.98. The summed E-state index contributed by atoms with van der Waals surface area (Å²) >= 11 is 1.43. The Balaban J connectivity index is 3.16. The van der Waals surface area contributed by atoms with Crippen molar-refractivity contribution in [2.45, 2.75) is 44.7 Å². The molecule has 0 saturated heterocycles. The number of nitrogens with zero attached hydrogens (tertiary/aromatic N) is 2. The van der Waals surface area contributed by atoms with Gasteiger partial charge in [-0.25, -0.2) is 9.97 Å². The fraction of sp³-hybridized carbons (Fsp3) is 0.615. The lowest BCUT2D eigenvalue weighted by Crippen LogP contribution is -2.36. The number of nitrogens with one attached hydrogen (secondary N) is 1. The van der Waals surface area contributed by atoms with E-state index in [1.54, 1.807) is 6.92 Å². The van der Waals surface area contributed by atoms with Crippen LogP contribution in [0.15, 0.2) is 5.03 Å². The van der Waals surface area contributed by atoms with E-state index in [-0.39, 0.29) is 24.5 Å². The third-order valence-electron chi connectivity index (χ3n) is 2.66. The van der Waals surface area contributed by atoms with Crippen LogP contribution in [0.4, 0.5) is 0 Å². The van der Waals surface area contributed by atoms with Gasteiger partial charge >= 0.3 is 0 Å². The standard InChI is InChI=1S/C13H21N3O2S/c1-7(2)11-15-9(4)10(13(16-11)19-5)12(18)14-8(3)6-17/h7-8,17H,6H2,1-5H3,(H,14,18). The Morgan fingerprint density at radius 3 is 2.47 bits per heavy atom. The van der Waals surface area contributed by atoms with Crippen LogP contribution >= 0.6 is 11.8 Å². The number of hydrogen-bond acceptors (Lipinski definition) is 5. The number of aliphatic hydroxyl groups is 1. The zero-order valence-corrected chi connectivity index (χ0v) is 12.8. The first-order valence-electron chi connectivity index (χ1n) is 6.24. The third kappa shape index (κ3) is 3.91. The summed E-state index contributed by atoms with van der Waals surface area (Å²) in [7, 11) is 0. The normalized spacial score (nSPS) is 12.6. The molecule has 0 spiro atoms. The quantitative estimate of drug-likeness (QED) is 0.636. The Morgan fingerprint density at radius 1 is 1.37 bits per heavy atom. The van der Waals surface area contributed by atoms with Gasteiger partial charge in [0, 0.05) is 12.0 Å². The van der Waals surface area contributed by atoms with E-state index in [0.29, 0.717) is 16.3 Å². The highest BCUT2D eigenvalue weighted by Gasteiger charge is 2.20. The lowest BCUT2D eigenvalue weighted by Gasteiger charge is -2.15. The van der Waals surface area contributed by atoms with E-state index in [4.69, 9.17) is 5.11 Å². The van der Waals surface area contributed by atoms with Crippen molar-refractivity contribution in [2.75, 3.05) is 12.9 Å². The van der Waals surface area contributed by atoms with Crippen molar-refractivity contribution in [2.24, 2.45) is 0 Å². The lowest BCUT2D eigenvalue weighted by molar-refractivity contribution is 0.0917. The number of aryl methyl sites for hydroxylation is 1. The molecule has 1 heterocycles. The van der Waals surface area contributed by atoms with Gasteiger partial charge in [0.05, 0.1) is 17.9 Å². The highest BCUT2D eigenvalue weighted by Crippen LogP contribution is 2.23. The molecule has 0 radical (unpaired) electrons. The van der Waals surface area contributed by atoms with E-state index < -0.39 is 0 Å². The molecule has 0 aliphatic carbocycles. The second-order valence-corrected chi connectivity index (χ2v) is 5.56. The van der Waals surface area contributed by atoms with Crippen LogP contribution in [0.2, 0.25) is 0 Å². The Labute approximate surface area is 118 Å². The molecule has 0 aromatic carbocycles. The summed E-state index contributed by atoms with van der Waals surface area (Å²) in [5.74, 6) is 0.727. The van der Waals surface area contributed by atoms with Crippen LogP contribution in [0, 0.1) is 6.92 Å². The molecule has 5 nitrogen and oxygen atoms in total. The van der Waals surface area contributed by atoms with Crippen molar-refractivity contribution in [3.05, 3.63) is 17.1 Å². The molecule has 1 atom stereocenters. The summed E-state index contributed by atoms with van der Waals surface area (Å²) < 4.78 is 0. The summed E-state index contributed by atoms with van der Waals surface area (Å²) in [6.45, 7) is 7.50. The van der Waals surface area contributed by atoms with Gasteiger partial charge in [-0.15, -0.1) is 11.8 Å². The van der Waals surface area contributed by atoms with Gasteiger partial charge in [0.2, 0.25) is 0 Å². The molecule has 19 heavy (non-hydrogen) atoms. The Bertz CT molecular complexity index is 463. The van der Waals surface area contributed by atoms with Crippen molar-refractivity contribution >= 4 is 17.7 Å². The van der Waals surface area contributed by atoms with E-state index in [2.05, 4.69) is 15.3 Å². The zero-order chi connectivity index (χ0) is 14.6. The topological polar surface area (TPSA) is 75.1 Å². The van der Waals surface area contributed by atoms with Crippen molar-refractivity contribution < 1.29 is 9.90 Å². The largest absolute Gasteiger partial charge is 0.394 e. The van der Waals surface area contributed by atoms with Crippen LogP contribution < -0.4 is 5.32 Å². The third-order valence-corrected chi connectivity index (χ3v) is 3.34. The number of thioether (sulfide) groups is 1. The van der Waals surface area contributed by atoms with Crippen LogP contribution in [0.1, 0.15) is 48.6 Å². The van der Waals surface area contributed by atoms with Gasteiger partial charge in [-0.1, -0.05) is 13.8 Å². The van der Waals surface area contributed by atoms with E-state index in [9.17, 15) is 4.79 Å². The second-order valence-electron chi connectivity index (χ2n) is 4.76. The molecule has 0 bridgehead atoms. The fourth-order valence-electron chi connectivity index (χ4n) is 1.58. The van der Waals surface area contributed by atoms with Crippen molar-refractivity contribution in [1.29, 1.82) is 0 Å². The fourth-order valence-corrected chi connectivity index (χ4v) is 2.21. The van der Waals surface area contributed by atoms with Gasteiger partial charge in [0.25, 0.3) is 5.91 Å². The molecule has 0 fully saturated rings. The molecule has 1 unspecified atom stereocenters. The van der Waals surface area contributed by atoms with E-state index in [1.807, 2.05) is 27.0 Å². The predicted molar refractivity (Wildman–Crippen MR) is 76.7 cm³/mol. The molecule has 106 valence electrons. The highest BCUT2D eigenvalue weighted by atomic mass is 32.2. The minimum Gasteiger partial charge on any atom is -0.394 e. The van der Waals surface area contributed by atoms with Gasteiger partial charge in [-0.2, -0.15) is 0 Å². The summed E-state index contributed by atoms with van der Waals surface area (Å²) in [6, 6.07) is -0.286. The summed E-state index contributed by atoms with van der Waals surface area (Å²) in [4.78, 5) is 21.0. The average Bonchev–Trinajstić information content (AvgIpc) is 2.36. The van der Waals surface area contributed by atoms with Gasteiger partial charge in [-0.3, -0.25) is 4.79 Å². The van der Waals surface area contributed by atoms with Gasteiger partial charge < -0.3 is 10.4 Å². The summed E-state index contributed by atoms with van der Waals surface area (Å²) in [5, 5.41) is 12.4. The smallest absolute Gasteiger partial charge is 0.256 e. The van der Waals surface area contributed by atoms with Gasteiger partial charge in [0.15, 0.2) is 0 Å². The van der Waals surface area contributed by atoms with E-state index in [0.717, 1.165) is 5.82 Å². The molecular formula is C13H21N3O2S. The number of carbonyl (C=O) groups is 1. The van der Waals surface area contributed by atoms with Gasteiger partial charge in [-0.05, 0) is 20.1 Å². The summed E-state index contributed by atoms with van der Waals surface area (Å²) in [6.07, 6.45) is 1.89. The van der Waals surface area contributed by atoms with Crippen LogP contribution in [-0.2, 0) is 0 Å². The Hall–Kier alpha value is -1.14. The molecule has 1 amide bonds. The number of hydrogen-bond donors (Lipinski definition) is 2. The summed E-state index contributed by atoms with van der Waals surface area (Å²) in [5.41, 5.74) is 1.17. The maximum Gasteiger partial charge on any atom is 0.256 e. The van der Waals surface area contributed by atoms with Crippen molar-refractivity contribution in [3.63, 3.8) is 0 Å². The molecule has 1 aromatic heterocycles. The maximum absolute atomic E-state index is 12.2. The molecule has 0 aliphatic heterocycles. The number of amides is 1. The van der Waals surface area contributed by atoms with Crippen LogP contribution in [0.3, 0.4) is 0 Å². The minimum atomic E-state index is -0.286. The van der Waals surface area contributed by atoms with Crippen LogP contribution in [-0.4, -0.2) is 39.9 Å². The minimum absolute atomic E-state index is 0.0929. The molecule has 6 heteroatoms.